The molecule has 1 atom stereocenters. The highest BCUT2D eigenvalue weighted by Crippen LogP contribution is 2.06. The van der Waals surface area contributed by atoms with Gasteiger partial charge in [-0.2, -0.15) is 0 Å². The normalized spacial score (nSPS) is 14.5. The van der Waals surface area contributed by atoms with Crippen molar-refractivity contribution in [3.05, 3.63) is 0 Å². The second-order valence-corrected chi connectivity index (χ2v) is 4.49. The van der Waals surface area contributed by atoms with E-state index in [0.717, 1.165) is 0 Å². The van der Waals surface area contributed by atoms with E-state index in [9.17, 15) is 0 Å². The maximum atomic E-state index is 5.81. The number of hydrogen-bond donors (Lipinski definition) is 0. The minimum Gasteiger partial charge on any atom is -0.421 e. The molecule has 0 N–H and O–H groups in total. The van der Waals surface area contributed by atoms with Crippen LogP contribution in [0.4, 0.5) is 0 Å². The molecule has 0 radical (unpaired) electrons. The first kappa shape index (κ1) is 11.2. The molecule has 11 heavy (non-hydrogen) atoms. The highest BCUT2D eigenvalue weighted by atomic mass is 28.2. The Morgan fingerprint density at radius 1 is 1.18 bits per heavy atom. The van der Waals surface area contributed by atoms with Gasteiger partial charge in [-0.3, -0.25) is 0 Å². The maximum Gasteiger partial charge on any atom is 0.161 e. The van der Waals surface area contributed by atoms with Gasteiger partial charge in [0.05, 0.1) is 0 Å². The fraction of sp³-hybridized carbons (Fsp3) is 1.00. The third-order valence-corrected chi connectivity index (χ3v) is 3.62. The van der Waals surface area contributed by atoms with Crippen LogP contribution in [0.2, 0.25) is 6.04 Å². The Hall–Kier alpha value is 0.177. The Bertz CT molecular complexity index is 76.0. The van der Waals surface area contributed by atoms with Crippen molar-refractivity contribution in [2.24, 2.45) is 0 Å². The molecule has 68 valence electrons. The van der Waals surface area contributed by atoms with Gasteiger partial charge in [-0.15, -0.1) is 0 Å². The zero-order valence-corrected chi connectivity index (χ0v) is 9.64. The van der Waals surface area contributed by atoms with E-state index in [1.807, 2.05) is 0 Å². The monoisotopic (exact) mass is 174 g/mol. The summed E-state index contributed by atoms with van der Waals surface area (Å²) in [5, 5.41) is 0. The molecule has 0 aliphatic heterocycles. The smallest absolute Gasteiger partial charge is 0.161 e. The molecule has 0 saturated carbocycles. The van der Waals surface area contributed by atoms with Crippen LogP contribution in [0.3, 0.4) is 0 Å². The van der Waals surface area contributed by atoms with Crippen molar-refractivity contribution in [3.8, 4) is 0 Å². The molecule has 0 aromatic rings. The van der Waals surface area contributed by atoms with Gasteiger partial charge in [0.1, 0.15) is 0 Å². The Morgan fingerprint density at radius 2 is 1.91 bits per heavy atom. The topological polar surface area (TPSA) is 9.23 Å². The SMILES string of the molecule is CCC[SiH2]OC(CC)CCC. The molecule has 1 nitrogen and oxygen atoms in total. The second kappa shape index (κ2) is 8.28. The molecule has 0 saturated heterocycles. The van der Waals surface area contributed by atoms with E-state index in [1.54, 1.807) is 0 Å². The summed E-state index contributed by atoms with van der Waals surface area (Å²) in [6, 6.07) is 1.35. The van der Waals surface area contributed by atoms with Crippen LogP contribution < -0.4 is 0 Å². The zero-order valence-electron chi connectivity index (χ0n) is 8.23. The summed E-state index contributed by atoms with van der Waals surface area (Å²) in [7, 11) is -0.167. The predicted molar refractivity (Wildman–Crippen MR) is 53.7 cm³/mol. The Labute approximate surface area is 73.5 Å². The third-order valence-electron chi connectivity index (χ3n) is 1.92. The summed E-state index contributed by atoms with van der Waals surface area (Å²) in [5.41, 5.74) is 0. The van der Waals surface area contributed by atoms with E-state index >= 15 is 0 Å². The second-order valence-electron chi connectivity index (χ2n) is 3.04. The summed E-state index contributed by atoms with van der Waals surface area (Å²) in [5.74, 6) is 0. The summed E-state index contributed by atoms with van der Waals surface area (Å²) in [4.78, 5) is 0. The average molecular weight is 174 g/mol. The zero-order chi connectivity index (χ0) is 8.53. The van der Waals surface area contributed by atoms with Gasteiger partial charge in [0, 0.05) is 6.10 Å². The van der Waals surface area contributed by atoms with Crippen LogP contribution in [-0.2, 0) is 4.43 Å². The minimum absolute atomic E-state index is 0.167. The molecule has 0 aliphatic carbocycles. The molecule has 1 unspecified atom stereocenters. The molecule has 0 bridgehead atoms. The number of rotatable bonds is 7. The molecular weight excluding hydrogens is 152 g/mol. The lowest BCUT2D eigenvalue weighted by Gasteiger charge is -2.14. The summed E-state index contributed by atoms with van der Waals surface area (Å²) in [6.07, 6.45) is 5.60. The molecule has 0 fully saturated rings. The fourth-order valence-corrected chi connectivity index (χ4v) is 2.31. The van der Waals surface area contributed by atoms with Crippen molar-refractivity contribution in [2.45, 2.75) is 58.6 Å². The van der Waals surface area contributed by atoms with E-state index in [4.69, 9.17) is 4.43 Å². The fourth-order valence-electron chi connectivity index (χ4n) is 1.12. The van der Waals surface area contributed by atoms with Gasteiger partial charge in [-0.05, 0) is 18.9 Å². The lowest BCUT2D eigenvalue weighted by molar-refractivity contribution is 0.194. The van der Waals surface area contributed by atoms with E-state index in [2.05, 4.69) is 20.8 Å². The summed E-state index contributed by atoms with van der Waals surface area (Å²) in [6.45, 7) is 6.69. The van der Waals surface area contributed by atoms with Gasteiger partial charge >= 0.3 is 0 Å². The molecule has 0 aromatic heterocycles. The first-order valence-electron chi connectivity index (χ1n) is 4.96. The molecule has 0 aliphatic rings. The first-order chi connectivity index (χ1) is 5.35. The lowest BCUT2D eigenvalue weighted by Crippen LogP contribution is -2.13. The van der Waals surface area contributed by atoms with Crippen LogP contribution in [0.25, 0.3) is 0 Å². The quantitative estimate of drug-likeness (QED) is 0.426. The first-order valence-corrected chi connectivity index (χ1v) is 6.54. The van der Waals surface area contributed by atoms with E-state index in [1.165, 1.54) is 31.7 Å². The van der Waals surface area contributed by atoms with Gasteiger partial charge < -0.3 is 4.43 Å². The molecule has 0 amide bonds. The predicted octanol–water partition coefficient (Wildman–Crippen LogP) is 2.49. The maximum absolute atomic E-state index is 5.81. The van der Waals surface area contributed by atoms with E-state index in [-0.39, 0.29) is 9.76 Å². The van der Waals surface area contributed by atoms with Gasteiger partial charge in [-0.25, -0.2) is 0 Å². The molecule has 0 rings (SSSR count). The molecule has 0 heterocycles. The van der Waals surface area contributed by atoms with Gasteiger partial charge in [0.15, 0.2) is 9.76 Å². The van der Waals surface area contributed by atoms with Crippen LogP contribution in [0.1, 0.15) is 46.5 Å². The van der Waals surface area contributed by atoms with E-state index in [0.29, 0.717) is 6.10 Å². The van der Waals surface area contributed by atoms with Crippen molar-refractivity contribution in [2.75, 3.05) is 0 Å². The van der Waals surface area contributed by atoms with E-state index < -0.39 is 0 Å². The van der Waals surface area contributed by atoms with Crippen LogP contribution in [0.5, 0.6) is 0 Å². The summed E-state index contributed by atoms with van der Waals surface area (Å²) < 4.78 is 5.81. The minimum atomic E-state index is -0.167. The lowest BCUT2D eigenvalue weighted by atomic mass is 10.2. The third kappa shape index (κ3) is 6.57. The van der Waals surface area contributed by atoms with Crippen LogP contribution in [-0.4, -0.2) is 15.9 Å². The largest absolute Gasteiger partial charge is 0.421 e. The molecule has 0 aromatic carbocycles. The van der Waals surface area contributed by atoms with Crippen molar-refractivity contribution < 1.29 is 4.43 Å². The highest BCUT2D eigenvalue weighted by molar-refractivity contribution is 6.27. The average Bonchev–Trinajstić information content (AvgIpc) is 2.03. The van der Waals surface area contributed by atoms with Crippen LogP contribution >= 0.6 is 0 Å². The highest BCUT2D eigenvalue weighted by Gasteiger charge is 2.02. The Balaban J connectivity index is 3.20. The van der Waals surface area contributed by atoms with Gasteiger partial charge in [0.25, 0.3) is 0 Å². The van der Waals surface area contributed by atoms with Crippen molar-refractivity contribution in [1.82, 2.24) is 0 Å². The summed E-state index contributed by atoms with van der Waals surface area (Å²) >= 11 is 0. The standard InChI is InChI=1S/C9H22OSi/c1-4-7-9(6-3)10-11-8-5-2/h9H,4-8,11H2,1-3H3. The number of hydrogen-bond acceptors (Lipinski definition) is 1. The molecule has 0 spiro atoms. The van der Waals surface area contributed by atoms with Crippen molar-refractivity contribution in [3.63, 3.8) is 0 Å². The Morgan fingerprint density at radius 3 is 2.36 bits per heavy atom. The van der Waals surface area contributed by atoms with Crippen molar-refractivity contribution in [1.29, 1.82) is 0 Å². The van der Waals surface area contributed by atoms with Gasteiger partial charge in [0.2, 0.25) is 0 Å². The molecular formula is C9H22OSi. The van der Waals surface area contributed by atoms with Crippen molar-refractivity contribution >= 4 is 9.76 Å². The molecule has 2 heteroatoms. The Kier molecular flexibility index (Phi) is 8.41. The van der Waals surface area contributed by atoms with Gasteiger partial charge in [-0.1, -0.05) is 33.6 Å². The van der Waals surface area contributed by atoms with Crippen LogP contribution in [0.15, 0.2) is 0 Å². The van der Waals surface area contributed by atoms with Crippen LogP contribution in [0, 0.1) is 0 Å².